The minimum Gasteiger partial charge on any atom is -0.465 e. The van der Waals surface area contributed by atoms with E-state index in [1.165, 1.54) is 13.2 Å². The molecule has 0 aliphatic heterocycles. The summed E-state index contributed by atoms with van der Waals surface area (Å²) >= 11 is 0. The Kier molecular flexibility index (Phi) is 1.31. The lowest BCUT2D eigenvalue weighted by atomic mass is 10.3. The average Bonchev–Trinajstić information content (AvgIpc) is 2.03. The van der Waals surface area contributed by atoms with Crippen molar-refractivity contribution in [2.24, 2.45) is 0 Å². The van der Waals surface area contributed by atoms with Crippen LogP contribution < -0.4 is 0 Å². The first kappa shape index (κ1) is 4.44. The summed E-state index contributed by atoms with van der Waals surface area (Å²) in [5, 5.41) is 0. The van der Waals surface area contributed by atoms with Crippen LogP contribution in [0.2, 0.25) is 0 Å². The lowest BCUT2D eigenvalue weighted by Crippen LogP contribution is -2.00. The Hall–Kier alpha value is -1.38. The van der Waals surface area contributed by atoms with E-state index in [1.807, 2.05) is 0 Å². The van der Waals surface area contributed by atoms with Crippen molar-refractivity contribution < 1.29 is 12.3 Å². The van der Waals surface area contributed by atoms with Crippen LogP contribution in [0, 0.1) is 0 Å². The van der Waals surface area contributed by atoms with Gasteiger partial charge in [0, 0.05) is 12.4 Å². The molecule has 1 aromatic rings. The molecule has 0 amide bonds. The Morgan fingerprint density at radius 3 is 3.30 bits per heavy atom. The Morgan fingerprint density at radius 1 is 1.90 bits per heavy atom. The number of rotatable bonds is 1. The average molecular weight is 139 g/mol. The van der Waals surface area contributed by atoms with E-state index in [2.05, 4.69) is 9.72 Å². The van der Waals surface area contributed by atoms with Crippen LogP contribution in [0.3, 0.4) is 0 Å². The fraction of sp³-hybridized carbons (Fsp3) is 0.143. The highest BCUT2D eigenvalue weighted by atomic mass is 16.5. The molecule has 52 valence electrons. The van der Waals surface area contributed by atoms with Gasteiger partial charge in [0.2, 0.25) is 0 Å². The molecule has 3 heteroatoms. The minimum absolute atomic E-state index is 0.0346. The smallest absolute Gasteiger partial charge is 0.339 e. The van der Waals surface area contributed by atoms with E-state index in [1.54, 1.807) is 0 Å². The second kappa shape index (κ2) is 2.96. The number of ether oxygens (including phenoxy) is 1. The van der Waals surface area contributed by atoms with Gasteiger partial charge in [0.25, 0.3) is 0 Å². The van der Waals surface area contributed by atoms with Crippen molar-refractivity contribution in [2.75, 3.05) is 7.11 Å². The Morgan fingerprint density at radius 2 is 2.70 bits per heavy atom. The SMILES string of the molecule is [2H]c1cc([2H])c(C(=O)OC)cn1. The summed E-state index contributed by atoms with van der Waals surface area (Å²) in [6, 6.07) is 1.15. The van der Waals surface area contributed by atoms with Crippen molar-refractivity contribution in [1.29, 1.82) is 0 Å². The molecule has 1 aromatic heterocycles. The van der Waals surface area contributed by atoms with Crippen LogP contribution in [0.1, 0.15) is 13.1 Å². The molecule has 0 saturated heterocycles. The van der Waals surface area contributed by atoms with E-state index < -0.39 is 5.97 Å². The number of hydrogen-bond donors (Lipinski definition) is 0. The van der Waals surface area contributed by atoms with E-state index in [9.17, 15) is 4.79 Å². The molecule has 3 nitrogen and oxygen atoms in total. The van der Waals surface area contributed by atoms with E-state index in [-0.39, 0.29) is 17.8 Å². The van der Waals surface area contributed by atoms with Crippen LogP contribution in [-0.4, -0.2) is 18.1 Å². The summed E-state index contributed by atoms with van der Waals surface area (Å²) in [5.74, 6) is -0.604. The standard InChI is InChI=1S/C7H7NO2/c1-10-7(9)6-3-2-4-8-5-6/h2-5H,1H3/i3D,4D. The van der Waals surface area contributed by atoms with Crippen LogP contribution in [0.4, 0.5) is 0 Å². The highest BCUT2D eigenvalue weighted by Crippen LogP contribution is 1.96. The monoisotopic (exact) mass is 139 g/mol. The predicted octanol–water partition coefficient (Wildman–Crippen LogP) is 0.868. The van der Waals surface area contributed by atoms with E-state index in [0.717, 1.165) is 6.20 Å². The van der Waals surface area contributed by atoms with Gasteiger partial charge in [-0.15, -0.1) is 0 Å². The summed E-state index contributed by atoms with van der Waals surface area (Å²) in [5.41, 5.74) is 0.0773. The van der Waals surface area contributed by atoms with Gasteiger partial charge in [-0.1, -0.05) is 0 Å². The maximum atomic E-state index is 10.9. The molecule has 0 aliphatic carbocycles. The molecule has 0 bridgehead atoms. The fourth-order valence-corrected chi connectivity index (χ4v) is 0.508. The molecular formula is C7H7NO2. The molecule has 1 heterocycles. The normalized spacial score (nSPS) is 11.7. The highest BCUT2D eigenvalue weighted by Gasteiger charge is 2.01. The third-order valence-electron chi connectivity index (χ3n) is 0.966. The molecule has 0 atom stereocenters. The number of carbonyl (C=O) groups is 1. The zero-order valence-electron chi connectivity index (χ0n) is 7.42. The number of methoxy groups -OCH3 is 1. The van der Waals surface area contributed by atoms with Crippen molar-refractivity contribution in [2.45, 2.75) is 0 Å². The number of carbonyl (C=O) groups excluding carboxylic acids is 1. The summed E-state index contributed by atoms with van der Waals surface area (Å²) in [6.45, 7) is 0. The minimum atomic E-state index is -0.604. The molecular weight excluding hydrogens is 130 g/mol. The lowest BCUT2D eigenvalue weighted by Gasteiger charge is -1.94. The van der Waals surface area contributed by atoms with Gasteiger partial charge in [0.05, 0.1) is 15.4 Å². The van der Waals surface area contributed by atoms with Gasteiger partial charge in [-0.25, -0.2) is 4.79 Å². The highest BCUT2D eigenvalue weighted by molar-refractivity contribution is 5.88. The third-order valence-corrected chi connectivity index (χ3v) is 0.966. The fourth-order valence-electron chi connectivity index (χ4n) is 0.508. The molecule has 0 radical (unpaired) electrons. The first-order valence-electron chi connectivity index (χ1n) is 3.66. The molecule has 0 aromatic carbocycles. The maximum Gasteiger partial charge on any atom is 0.339 e. The maximum absolute atomic E-state index is 10.9. The molecule has 0 spiro atoms. The molecule has 0 aliphatic rings. The van der Waals surface area contributed by atoms with Crippen LogP contribution in [0.15, 0.2) is 24.5 Å². The summed E-state index contributed by atoms with van der Waals surface area (Å²) in [4.78, 5) is 14.5. The lowest BCUT2D eigenvalue weighted by molar-refractivity contribution is 0.0600. The largest absolute Gasteiger partial charge is 0.465 e. The first-order chi connectivity index (χ1) is 5.65. The van der Waals surface area contributed by atoms with Crippen molar-refractivity contribution in [3.63, 3.8) is 0 Å². The molecule has 1 rings (SSSR count). The quantitative estimate of drug-likeness (QED) is 0.542. The van der Waals surface area contributed by atoms with E-state index in [4.69, 9.17) is 2.74 Å². The summed E-state index contributed by atoms with van der Waals surface area (Å²) < 4.78 is 18.7. The van der Waals surface area contributed by atoms with Crippen molar-refractivity contribution >= 4 is 5.97 Å². The second-order valence-corrected chi connectivity index (χ2v) is 1.58. The number of aromatic nitrogens is 1. The molecule has 10 heavy (non-hydrogen) atoms. The van der Waals surface area contributed by atoms with Crippen LogP contribution >= 0.6 is 0 Å². The van der Waals surface area contributed by atoms with E-state index in [0.29, 0.717) is 0 Å². The topological polar surface area (TPSA) is 39.2 Å². The Labute approximate surface area is 61.5 Å². The van der Waals surface area contributed by atoms with Crippen LogP contribution in [0.25, 0.3) is 0 Å². The first-order valence-corrected chi connectivity index (χ1v) is 2.66. The van der Waals surface area contributed by atoms with Gasteiger partial charge >= 0.3 is 5.97 Å². The van der Waals surface area contributed by atoms with Gasteiger partial charge in [0.1, 0.15) is 0 Å². The van der Waals surface area contributed by atoms with Crippen LogP contribution in [0.5, 0.6) is 0 Å². The molecule has 0 fully saturated rings. The van der Waals surface area contributed by atoms with Gasteiger partial charge in [-0.05, 0) is 12.1 Å². The summed E-state index contributed by atoms with van der Waals surface area (Å²) in [7, 11) is 1.23. The molecule has 0 unspecified atom stereocenters. The molecule has 0 saturated carbocycles. The van der Waals surface area contributed by atoms with Crippen LogP contribution in [-0.2, 0) is 4.74 Å². The van der Waals surface area contributed by atoms with Gasteiger partial charge < -0.3 is 4.74 Å². The van der Waals surface area contributed by atoms with Crippen molar-refractivity contribution in [3.8, 4) is 0 Å². The van der Waals surface area contributed by atoms with Crippen molar-refractivity contribution in [3.05, 3.63) is 30.0 Å². The van der Waals surface area contributed by atoms with Gasteiger partial charge in [-0.3, -0.25) is 4.98 Å². The zero-order valence-corrected chi connectivity index (χ0v) is 5.42. The van der Waals surface area contributed by atoms with Gasteiger partial charge in [0.15, 0.2) is 0 Å². The Balaban J connectivity index is 3.09. The number of esters is 1. The number of pyridine rings is 1. The predicted molar refractivity (Wildman–Crippen MR) is 35.6 cm³/mol. The van der Waals surface area contributed by atoms with Gasteiger partial charge in [-0.2, -0.15) is 0 Å². The molecule has 0 N–H and O–H groups in total. The van der Waals surface area contributed by atoms with Crippen molar-refractivity contribution in [1.82, 2.24) is 4.98 Å². The number of hydrogen-bond acceptors (Lipinski definition) is 3. The Bertz CT molecular complexity index is 314. The van der Waals surface area contributed by atoms with E-state index >= 15 is 0 Å². The third kappa shape index (κ3) is 1.31. The number of nitrogens with zero attached hydrogens (tertiary/aromatic N) is 1. The summed E-state index contributed by atoms with van der Waals surface area (Å²) in [6.07, 6.45) is 1.13. The zero-order chi connectivity index (χ0) is 9.14. The second-order valence-electron chi connectivity index (χ2n) is 1.58.